The van der Waals surface area contributed by atoms with E-state index in [-0.39, 0.29) is 11.5 Å². The van der Waals surface area contributed by atoms with E-state index in [4.69, 9.17) is 4.52 Å². The normalized spacial score (nSPS) is 19.0. The Bertz CT molecular complexity index is 587. The van der Waals surface area contributed by atoms with Crippen LogP contribution in [0.2, 0.25) is 0 Å². The minimum Gasteiger partial charge on any atom is -0.347 e. The van der Waals surface area contributed by atoms with Crippen LogP contribution in [0.1, 0.15) is 58.3 Å². The van der Waals surface area contributed by atoms with Crippen LogP contribution < -0.4 is 5.32 Å². The molecule has 1 amide bonds. The third kappa shape index (κ3) is 5.42. The smallest absolute Gasteiger partial charge is 0.347 e. The van der Waals surface area contributed by atoms with Gasteiger partial charge in [0, 0.05) is 11.3 Å². The zero-order valence-corrected chi connectivity index (χ0v) is 15.0. The first kappa shape index (κ1) is 19.7. The number of amides is 1. The predicted molar refractivity (Wildman–Crippen MR) is 84.8 cm³/mol. The summed E-state index contributed by atoms with van der Waals surface area (Å²) in [6.45, 7) is 7.85. The molecule has 1 atom stereocenters. The number of hydrogen-bond donors (Lipinski definition) is 1. The number of nitrogens with zero attached hydrogens (tertiary/aromatic N) is 3. The second kappa shape index (κ2) is 7.31. The van der Waals surface area contributed by atoms with Gasteiger partial charge in [-0.2, -0.15) is 18.2 Å². The molecule has 1 fully saturated rings. The molecule has 0 unspecified atom stereocenters. The second-order valence-corrected chi connectivity index (χ2v) is 7.53. The van der Waals surface area contributed by atoms with E-state index < -0.39 is 24.5 Å². The van der Waals surface area contributed by atoms with E-state index >= 15 is 0 Å². The Kier molecular flexibility index (Phi) is 5.75. The molecular formula is C16H25F3N4O2. The number of likely N-dealkylation sites (tertiary alicyclic amines) is 1. The number of rotatable bonds is 4. The van der Waals surface area contributed by atoms with Crippen LogP contribution in [0.15, 0.2) is 4.52 Å². The van der Waals surface area contributed by atoms with E-state index in [9.17, 15) is 18.0 Å². The number of nitrogens with one attached hydrogen (secondary N) is 1. The number of carbonyl (C=O) groups excluding carboxylic acids is 1. The van der Waals surface area contributed by atoms with Gasteiger partial charge in [-0.1, -0.05) is 25.9 Å². The number of aromatic nitrogens is 2. The van der Waals surface area contributed by atoms with Gasteiger partial charge >= 0.3 is 6.18 Å². The summed E-state index contributed by atoms with van der Waals surface area (Å²) in [6.07, 6.45) is -3.36. The minimum absolute atomic E-state index is 0.0946. The monoisotopic (exact) mass is 362 g/mol. The van der Waals surface area contributed by atoms with Crippen LogP contribution in [-0.4, -0.2) is 46.8 Å². The molecule has 1 N–H and O–H groups in total. The molecule has 142 valence electrons. The van der Waals surface area contributed by atoms with Crippen molar-refractivity contribution in [2.75, 3.05) is 19.6 Å². The predicted octanol–water partition coefficient (Wildman–Crippen LogP) is 2.82. The molecule has 1 saturated heterocycles. The minimum atomic E-state index is -4.38. The average Bonchev–Trinajstić information content (AvgIpc) is 3.01. The fourth-order valence-electron chi connectivity index (χ4n) is 2.75. The van der Waals surface area contributed by atoms with E-state index in [1.54, 1.807) is 0 Å². The lowest BCUT2D eigenvalue weighted by molar-refractivity contribution is -0.141. The molecular weight excluding hydrogens is 337 g/mol. The highest BCUT2D eigenvalue weighted by molar-refractivity contribution is 5.78. The van der Waals surface area contributed by atoms with Gasteiger partial charge in [0.15, 0.2) is 5.82 Å². The van der Waals surface area contributed by atoms with Gasteiger partial charge in [-0.15, -0.1) is 0 Å². The zero-order valence-electron chi connectivity index (χ0n) is 15.0. The largest absolute Gasteiger partial charge is 0.405 e. The third-order valence-corrected chi connectivity index (χ3v) is 4.38. The quantitative estimate of drug-likeness (QED) is 0.892. The Labute approximate surface area is 145 Å². The lowest BCUT2D eigenvalue weighted by Crippen LogP contribution is -2.43. The van der Waals surface area contributed by atoms with Crippen LogP contribution >= 0.6 is 0 Å². The summed E-state index contributed by atoms with van der Waals surface area (Å²) in [5.41, 5.74) is -0.203. The molecule has 6 nitrogen and oxygen atoms in total. The molecule has 0 radical (unpaired) electrons. The van der Waals surface area contributed by atoms with Gasteiger partial charge in [0.1, 0.15) is 6.54 Å². The molecule has 0 saturated carbocycles. The average molecular weight is 362 g/mol. The zero-order chi connectivity index (χ0) is 18.8. The SMILES string of the molecule is C[C@H](c1nc(C(C)(C)C)no1)N1CCC(C(=O)NCC(F)(F)F)CC1. The Hall–Kier alpha value is -1.64. The van der Waals surface area contributed by atoms with E-state index in [1.807, 2.05) is 33.0 Å². The van der Waals surface area contributed by atoms with Gasteiger partial charge in [0.2, 0.25) is 11.8 Å². The number of halogens is 3. The second-order valence-electron chi connectivity index (χ2n) is 7.53. The van der Waals surface area contributed by atoms with Crippen molar-refractivity contribution in [3.8, 4) is 0 Å². The lowest BCUT2D eigenvalue weighted by atomic mass is 9.95. The molecule has 1 aromatic rings. The summed E-state index contributed by atoms with van der Waals surface area (Å²) < 4.78 is 41.9. The third-order valence-electron chi connectivity index (χ3n) is 4.38. The molecule has 0 aromatic carbocycles. The van der Waals surface area contributed by atoms with Crippen molar-refractivity contribution in [2.24, 2.45) is 5.92 Å². The van der Waals surface area contributed by atoms with Gasteiger partial charge in [-0.3, -0.25) is 9.69 Å². The first-order valence-corrected chi connectivity index (χ1v) is 8.40. The van der Waals surface area contributed by atoms with Crippen molar-refractivity contribution in [1.29, 1.82) is 0 Å². The Morgan fingerprint density at radius 2 is 1.92 bits per heavy atom. The van der Waals surface area contributed by atoms with Gasteiger partial charge in [-0.25, -0.2) is 0 Å². The fourth-order valence-corrected chi connectivity index (χ4v) is 2.75. The van der Waals surface area contributed by atoms with Crippen LogP contribution in [-0.2, 0) is 10.2 Å². The number of carbonyl (C=O) groups is 1. The van der Waals surface area contributed by atoms with Crippen LogP contribution in [0, 0.1) is 5.92 Å². The van der Waals surface area contributed by atoms with E-state index in [2.05, 4.69) is 15.0 Å². The first-order chi connectivity index (χ1) is 11.5. The molecule has 25 heavy (non-hydrogen) atoms. The molecule has 9 heteroatoms. The van der Waals surface area contributed by atoms with E-state index in [0.29, 0.717) is 37.6 Å². The summed E-state index contributed by atoms with van der Waals surface area (Å²) >= 11 is 0. The topological polar surface area (TPSA) is 71.3 Å². The number of hydrogen-bond acceptors (Lipinski definition) is 5. The molecule has 1 aliphatic heterocycles. The lowest BCUT2D eigenvalue weighted by Gasteiger charge is -2.33. The van der Waals surface area contributed by atoms with Crippen molar-refractivity contribution in [1.82, 2.24) is 20.4 Å². The van der Waals surface area contributed by atoms with Crippen molar-refractivity contribution < 1.29 is 22.5 Å². The van der Waals surface area contributed by atoms with E-state index in [0.717, 1.165) is 0 Å². The molecule has 2 rings (SSSR count). The van der Waals surface area contributed by atoms with E-state index in [1.165, 1.54) is 0 Å². The highest BCUT2D eigenvalue weighted by Crippen LogP contribution is 2.28. The molecule has 0 spiro atoms. The fraction of sp³-hybridized carbons (Fsp3) is 0.812. The van der Waals surface area contributed by atoms with Crippen LogP contribution in [0.5, 0.6) is 0 Å². The molecule has 0 bridgehead atoms. The van der Waals surface area contributed by atoms with Crippen molar-refractivity contribution in [3.63, 3.8) is 0 Å². The molecule has 1 aromatic heterocycles. The Morgan fingerprint density at radius 1 is 1.32 bits per heavy atom. The highest BCUT2D eigenvalue weighted by atomic mass is 19.4. The summed E-state index contributed by atoms with van der Waals surface area (Å²) in [7, 11) is 0. The molecule has 1 aliphatic rings. The van der Waals surface area contributed by atoms with Gasteiger partial charge in [0.25, 0.3) is 0 Å². The maximum Gasteiger partial charge on any atom is 0.405 e. The number of alkyl halides is 3. The van der Waals surface area contributed by atoms with Crippen molar-refractivity contribution in [3.05, 3.63) is 11.7 Å². The van der Waals surface area contributed by atoms with Crippen LogP contribution in [0.4, 0.5) is 13.2 Å². The molecule has 0 aliphatic carbocycles. The Morgan fingerprint density at radius 3 is 2.40 bits per heavy atom. The summed E-state index contributed by atoms with van der Waals surface area (Å²) in [5.74, 6) is 0.233. The maximum atomic E-state index is 12.2. The Balaban J connectivity index is 1.87. The van der Waals surface area contributed by atoms with Gasteiger partial charge < -0.3 is 9.84 Å². The maximum absolute atomic E-state index is 12.2. The summed E-state index contributed by atoms with van der Waals surface area (Å²) in [5, 5.41) is 5.98. The van der Waals surface area contributed by atoms with Gasteiger partial charge in [0.05, 0.1) is 6.04 Å². The first-order valence-electron chi connectivity index (χ1n) is 8.40. The molecule has 2 heterocycles. The van der Waals surface area contributed by atoms with Crippen molar-refractivity contribution >= 4 is 5.91 Å². The van der Waals surface area contributed by atoms with Crippen LogP contribution in [0.25, 0.3) is 0 Å². The summed E-state index contributed by atoms with van der Waals surface area (Å²) in [6, 6.07) is -0.0946. The highest BCUT2D eigenvalue weighted by Gasteiger charge is 2.33. The van der Waals surface area contributed by atoms with Crippen LogP contribution in [0.3, 0.4) is 0 Å². The standard InChI is InChI=1S/C16H25F3N4O2/c1-10(13-21-14(22-25-13)15(2,3)4)23-7-5-11(6-8-23)12(24)20-9-16(17,18)19/h10-11H,5-9H2,1-4H3,(H,20,24)/t10-/m1/s1. The number of piperidine rings is 1. The van der Waals surface area contributed by atoms with Crippen molar-refractivity contribution in [2.45, 2.75) is 58.2 Å². The van der Waals surface area contributed by atoms with Gasteiger partial charge in [-0.05, 0) is 32.9 Å². The summed E-state index contributed by atoms with van der Waals surface area (Å²) in [4.78, 5) is 18.4.